The van der Waals surface area contributed by atoms with E-state index in [0.717, 1.165) is 24.8 Å². The van der Waals surface area contributed by atoms with E-state index < -0.39 is 0 Å². The van der Waals surface area contributed by atoms with E-state index >= 15 is 0 Å². The number of carbonyl (C=O) groups excluding carboxylic acids is 3. The molecular formula is C23H28N4O3. The fraction of sp³-hybridized carbons (Fsp3) is 0.348. The summed E-state index contributed by atoms with van der Waals surface area (Å²) >= 11 is 0. The maximum Gasteiger partial charge on any atom is 0.251 e. The van der Waals surface area contributed by atoms with E-state index in [1.54, 1.807) is 30.3 Å². The molecule has 158 valence electrons. The van der Waals surface area contributed by atoms with Crippen molar-refractivity contribution < 1.29 is 14.4 Å². The van der Waals surface area contributed by atoms with E-state index in [-0.39, 0.29) is 30.2 Å². The molecule has 4 N–H and O–H groups in total. The second-order valence-electron chi connectivity index (χ2n) is 7.48. The number of hydrogen-bond donors (Lipinski definition) is 4. The summed E-state index contributed by atoms with van der Waals surface area (Å²) in [6.45, 7) is 4.54. The van der Waals surface area contributed by atoms with Crippen LogP contribution in [0.15, 0.2) is 42.5 Å². The summed E-state index contributed by atoms with van der Waals surface area (Å²) in [7, 11) is 0. The lowest BCUT2D eigenvalue weighted by Gasteiger charge is -2.14. The largest absolute Gasteiger partial charge is 0.376 e. The van der Waals surface area contributed by atoms with Gasteiger partial charge in [-0.25, -0.2) is 0 Å². The first-order chi connectivity index (χ1) is 14.5. The summed E-state index contributed by atoms with van der Waals surface area (Å²) in [6.07, 6.45) is 2.75. The van der Waals surface area contributed by atoms with Crippen molar-refractivity contribution in [3.8, 4) is 0 Å². The molecule has 0 saturated heterocycles. The molecule has 0 bridgehead atoms. The molecule has 30 heavy (non-hydrogen) atoms. The molecule has 7 heteroatoms. The Bertz CT molecular complexity index is 938. The number of hydrogen-bond acceptors (Lipinski definition) is 4. The van der Waals surface area contributed by atoms with Gasteiger partial charge in [0.15, 0.2) is 0 Å². The van der Waals surface area contributed by atoms with Gasteiger partial charge in [-0.3, -0.25) is 14.4 Å². The zero-order chi connectivity index (χ0) is 21.5. The van der Waals surface area contributed by atoms with Gasteiger partial charge in [0, 0.05) is 35.1 Å². The molecule has 0 spiro atoms. The molecular weight excluding hydrogens is 380 g/mol. The van der Waals surface area contributed by atoms with Crippen LogP contribution in [-0.4, -0.2) is 30.8 Å². The van der Waals surface area contributed by atoms with E-state index in [0.29, 0.717) is 29.2 Å². The van der Waals surface area contributed by atoms with Crippen LogP contribution >= 0.6 is 0 Å². The van der Waals surface area contributed by atoms with Crippen molar-refractivity contribution >= 4 is 34.8 Å². The second-order valence-corrected chi connectivity index (χ2v) is 7.48. The van der Waals surface area contributed by atoms with Crippen LogP contribution in [0.4, 0.5) is 17.1 Å². The lowest BCUT2D eigenvalue weighted by atomic mass is 10.1. The molecule has 2 aromatic carbocycles. The van der Waals surface area contributed by atoms with E-state index in [1.807, 2.05) is 26.0 Å². The molecule has 7 nitrogen and oxygen atoms in total. The fourth-order valence-electron chi connectivity index (χ4n) is 2.97. The van der Waals surface area contributed by atoms with Crippen LogP contribution in [0.25, 0.3) is 0 Å². The van der Waals surface area contributed by atoms with E-state index in [1.165, 1.54) is 0 Å². The SMILES string of the molecule is CCCNC(=O)c1cccc(NCC(=O)Nc2cccc(NC(=O)C3CC3)c2C)c1. The maximum atomic E-state index is 12.4. The van der Waals surface area contributed by atoms with Gasteiger partial charge in [0.25, 0.3) is 5.91 Å². The Hall–Kier alpha value is -3.35. The Kier molecular flexibility index (Phi) is 7.06. The van der Waals surface area contributed by atoms with Crippen LogP contribution in [0.3, 0.4) is 0 Å². The first-order valence-corrected chi connectivity index (χ1v) is 10.3. The van der Waals surface area contributed by atoms with E-state index in [9.17, 15) is 14.4 Å². The van der Waals surface area contributed by atoms with Crippen LogP contribution in [-0.2, 0) is 9.59 Å². The smallest absolute Gasteiger partial charge is 0.251 e. The molecule has 3 amide bonds. The topological polar surface area (TPSA) is 99.3 Å². The number of nitrogens with one attached hydrogen (secondary N) is 4. The summed E-state index contributed by atoms with van der Waals surface area (Å²) < 4.78 is 0. The average molecular weight is 409 g/mol. The predicted octanol–water partition coefficient (Wildman–Crippen LogP) is 3.53. The Balaban J connectivity index is 1.56. The minimum absolute atomic E-state index is 0.0334. The first kappa shape index (κ1) is 21.4. The summed E-state index contributed by atoms with van der Waals surface area (Å²) in [5.74, 6) is -0.201. The normalized spacial score (nSPS) is 12.7. The monoisotopic (exact) mass is 408 g/mol. The van der Waals surface area contributed by atoms with Gasteiger partial charge >= 0.3 is 0 Å². The van der Waals surface area contributed by atoms with Gasteiger partial charge in [0.05, 0.1) is 6.54 Å². The molecule has 0 radical (unpaired) electrons. The summed E-state index contributed by atoms with van der Waals surface area (Å²) in [5.41, 5.74) is 3.42. The highest BCUT2D eigenvalue weighted by atomic mass is 16.2. The zero-order valence-corrected chi connectivity index (χ0v) is 17.4. The Morgan fingerprint density at radius 2 is 1.70 bits per heavy atom. The predicted molar refractivity (Wildman–Crippen MR) is 119 cm³/mol. The highest BCUT2D eigenvalue weighted by molar-refractivity contribution is 5.99. The third kappa shape index (κ3) is 5.83. The minimum Gasteiger partial charge on any atom is -0.376 e. The molecule has 0 heterocycles. The quantitative estimate of drug-likeness (QED) is 0.510. The molecule has 1 saturated carbocycles. The molecule has 1 fully saturated rings. The minimum atomic E-state index is -0.218. The molecule has 1 aliphatic rings. The molecule has 0 aliphatic heterocycles. The molecule has 0 unspecified atom stereocenters. The summed E-state index contributed by atoms with van der Waals surface area (Å²) in [6, 6.07) is 12.5. The zero-order valence-electron chi connectivity index (χ0n) is 17.4. The van der Waals surface area contributed by atoms with Gasteiger partial charge in [-0.2, -0.15) is 0 Å². The van der Waals surface area contributed by atoms with Crippen LogP contribution < -0.4 is 21.3 Å². The first-order valence-electron chi connectivity index (χ1n) is 10.3. The number of anilines is 3. The van der Waals surface area contributed by atoms with Crippen molar-refractivity contribution in [1.29, 1.82) is 0 Å². The highest BCUT2D eigenvalue weighted by Gasteiger charge is 2.29. The Morgan fingerprint density at radius 1 is 1.00 bits per heavy atom. The second kappa shape index (κ2) is 9.91. The van der Waals surface area contributed by atoms with Crippen LogP contribution in [0, 0.1) is 12.8 Å². The molecule has 1 aliphatic carbocycles. The van der Waals surface area contributed by atoms with Crippen molar-refractivity contribution in [2.75, 3.05) is 29.0 Å². The maximum absolute atomic E-state index is 12.4. The lowest BCUT2D eigenvalue weighted by molar-refractivity contribution is -0.117. The van der Waals surface area contributed by atoms with Crippen LogP contribution in [0.1, 0.15) is 42.1 Å². The van der Waals surface area contributed by atoms with E-state index in [4.69, 9.17) is 0 Å². The Labute approximate surface area is 176 Å². The van der Waals surface area contributed by atoms with Crippen molar-refractivity contribution in [3.05, 3.63) is 53.6 Å². The number of benzene rings is 2. The Morgan fingerprint density at radius 3 is 2.40 bits per heavy atom. The van der Waals surface area contributed by atoms with Crippen molar-refractivity contribution in [3.63, 3.8) is 0 Å². The third-order valence-electron chi connectivity index (χ3n) is 4.93. The standard InChI is InChI=1S/C23H28N4O3/c1-3-12-24-22(29)17-6-4-7-18(13-17)25-14-21(28)26-19-8-5-9-20(15(19)2)27-23(30)16-10-11-16/h4-9,13,16,25H,3,10-12,14H2,1-2H3,(H,24,29)(H,26,28)(H,27,30). The van der Waals surface area contributed by atoms with Gasteiger partial charge in [-0.1, -0.05) is 19.1 Å². The molecule has 0 aromatic heterocycles. The number of amides is 3. The summed E-state index contributed by atoms with van der Waals surface area (Å²) in [4.78, 5) is 36.5. The van der Waals surface area contributed by atoms with Gasteiger partial charge in [-0.05, 0) is 62.1 Å². The van der Waals surface area contributed by atoms with Crippen molar-refractivity contribution in [2.45, 2.75) is 33.1 Å². The average Bonchev–Trinajstić information content (AvgIpc) is 3.59. The van der Waals surface area contributed by atoms with Gasteiger partial charge < -0.3 is 21.3 Å². The lowest BCUT2D eigenvalue weighted by Crippen LogP contribution is -2.24. The van der Waals surface area contributed by atoms with Crippen LogP contribution in [0.2, 0.25) is 0 Å². The fourth-order valence-corrected chi connectivity index (χ4v) is 2.97. The van der Waals surface area contributed by atoms with Crippen LogP contribution in [0.5, 0.6) is 0 Å². The third-order valence-corrected chi connectivity index (χ3v) is 4.93. The number of carbonyl (C=O) groups is 3. The molecule has 3 rings (SSSR count). The van der Waals surface area contributed by atoms with Gasteiger partial charge in [-0.15, -0.1) is 0 Å². The van der Waals surface area contributed by atoms with Crippen molar-refractivity contribution in [2.24, 2.45) is 5.92 Å². The highest BCUT2D eigenvalue weighted by Crippen LogP contribution is 2.31. The van der Waals surface area contributed by atoms with E-state index in [2.05, 4.69) is 21.3 Å². The summed E-state index contributed by atoms with van der Waals surface area (Å²) in [5, 5.41) is 11.7. The van der Waals surface area contributed by atoms with Gasteiger partial charge in [0.1, 0.15) is 0 Å². The number of rotatable bonds is 9. The van der Waals surface area contributed by atoms with Crippen molar-refractivity contribution in [1.82, 2.24) is 5.32 Å². The molecule has 0 atom stereocenters. The molecule has 2 aromatic rings. The van der Waals surface area contributed by atoms with Gasteiger partial charge in [0.2, 0.25) is 11.8 Å².